The second kappa shape index (κ2) is 2.98. The molecule has 0 aromatic carbocycles. The average molecular weight is 172 g/mol. The van der Waals surface area contributed by atoms with Crippen molar-refractivity contribution in [2.75, 3.05) is 0 Å². The number of hydrogen-bond acceptors (Lipinski definition) is 4. The van der Waals surface area contributed by atoms with Gasteiger partial charge in [0.1, 0.15) is 4.88 Å². The van der Waals surface area contributed by atoms with Crippen LogP contribution in [-0.4, -0.2) is 16.1 Å². The molecular weight excluding hydrogens is 164 g/mol. The van der Waals surface area contributed by atoms with Crippen molar-refractivity contribution in [2.45, 2.75) is 13.8 Å². The van der Waals surface area contributed by atoms with Gasteiger partial charge in [0.05, 0.1) is 10.7 Å². The lowest BCUT2D eigenvalue weighted by Gasteiger charge is -1.92. The van der Waals surface area contributed by atoms with Crippen LogP contribution < -0.4 is 5.48 Å². The highest BCUT2D eigenvalue weighted by molar-refractivity contribution is 7.13. The molecule has 0 fully saturated rings. The molecule has 4 nitrogen and oxygen atoms in total. The summed E-state index contributed by atoms with van der Waals surface area (Å²) in [6, 6.07) is 0. The van der Waals surface area contributed by atoms with Gasteiger partial charge in [-0.2, -0.15) is 0 Å². The smallest absolute Gasteiger partial charge is 0.286 e. The first-order valence-corrected chi connectivity index (χ1v) is 3.85. The molecule has 60 valence electrons. The first-order valence-electron chi connectivity index (χ1n) is 3.03. The molecule has 0 saturated carbocycles. The van der Waals surface area contributed by atoms with E-state index in [0.29, 0.717) is 10.6 Å². The maximum absolute atomic E-state index is 10.9. The molecule has 0 spiro atoms. The van der Waals surface area contributed by atoms with E-state index < -0.39 is 5.91 Å². The number of thiazole rings is 1. The molecule has 5 heteroatoms. The van der Waals surface area contributed by atoms with Crippen molar-refractivity contribution in [3.05, 3.63) is 15.6 Å². The first kappa shape index (κ1) is 8.16. The average Bonchev–Trinajstić information content (AvgIpc) is 2.28. The van der Waals surface area contributed by atoms with E-state index >= 15 is 0 Å². The van der Waals surface area contributed by atoms with Crippen molar-refractivity contribution in [2.24, 2.45) is 0 Å². The fraction of sp³-hybridized carbons (Fsp3) is 0.333. The van der Waals surface area contributed by atoms with Gasteiger partial charge < -0.3 is 0 Å². The molecule has 0 radical (unpaired) electrons. The summed E-state index contributed by atoms with van der Waals surface area (Å²) in [6.45, 7) is 3.54. The van der Waals surface area contributed by atoms with Gasteiger partial charge in [-0.05, 0) is 13.8 Å². The highest BCUT2D eigenvalue weighted by Gasteiger charge is 2.11. The third-order valence-corrected chi connectivity index (χ3v) is 2.28. The fourth-order valence-electron chi connectivity index (χ4n) is 0.793. The molecule has 1 aromatic rings. The first-order chi connectivity index (χ1) is 5.15. The fourth-order valence-corrected chi connectivity index (χ4v) is 1.60. The summed E-state index contributed by atoms with van der Waals surface area (Å²) in [7, 11) is 0. The van der Waals surface area contributed by atoms with Gasteiger partial charge in [0, 0.05) is 0 Å². The lowest BCUT2D eigenvalue weighted by atomic mass is 10.4. The summed E-state index contributed by atoms with van der Waals surface area (Å²) in [5.41, 5.74) is 2.22. The van der Waals surface area contributed by atoms with E-state index in [1.807, 2.05) is 6.92 Å². The Bertz CT molecular complexity index is 282. The Hall–Kier alpha value is -0.940. The number of amides is 1. The van der Waals surface area contributed by atoms with Crippen molar-refractivity contribution in [3.63, 3.8) is 0 Å². The Morgan fingerprint density at radius 3 is 2.64 bits per heavy atom. The second-order valence-corrected chi connectivity index (χ2v) is 3.29. The predicted octanol–water partition coefficient (Wildman–Crippen LogP) is 0.879. The Morgan fingerprint density at radius 2 is 2.27 bits per heavy atom. The lowest BCUT2D eigenvalue weighted by molar-refractivity contribution is 0.0710. The molecule has 0 atom stereocenters. The van der Waals surface area contributed by atoms with Crippen LogP contribution in [0.25, 0.3) is 0 Å². The van der Waals surface area contributed by atoms with Crippen LogP contribution in [0.3, 0.4) is 0 Å². The monoisotopic (exact) mass is 172 g/mol. The van der Waals surface area contributed by atoms with E-state index in [1.54, 1.807) is 12.4 Å². The minimum atomic E-state index is -0.492. The van der Waals surface area contributed by atoms with E-state index in [-0.39, 0.29) is 0 Å². The van der Waals surface area contributed by atoms with Crippen molar-refractivity contribution < 1.29 is 10.0 Å². The normalized spacial score (nSPS) is 9.73. The number of rotatable bonds is 1. The minimum absolute atomic E-state index is 0.463. The van der Waals surface area contributed by atoms with Crippen molar-refractivity contribution >= 4 is 17.2 Å². The van der Waals surface area contributed by atoms with Crippen LogP contribution in [0.1, 0.15) is 20.4 Å². The van der Waals surface area contributed by atoms with Gasteiger partial charge in [0.15, 0.2) is 0 Å². The van der Waals surface area contributed by atoms with Gasteiger partial charge >= 0.3 is 0 Å². The Kier molecular flexibility index (Phi) is 2.21. The number of carbonyl (C=O) groups is 1. The molecule has 0 aliphatic rings. The molecule has 0 aliphatic heterocycles. The van der Waals surface area contributed by atoms with Gasteiger partial charge in [-0.3, -0.25) is 10.0 Å². The molecule has 0 unspecified atom stereocenters. The summed E-state index contributed by atoms with van der Waals surface area (Å²) in [5.74, 6) is -0.492. The maximum atomic E-state index is 10.9. The Morgan fingerprint density at radius 1 is 1.64 bits per heavy atom. The van der Waals surface area contributed by atoms with E-state index in [2.05, 4.69) is 4.98 Å². The number of nitrogens with zero attached hydrogens (tertiary/aromatic N) is 1. The van der Waals surface area contributed by atoms with E-state index in [9.17, 15) is 4.79 Å². The van der Waals surface area contributed by atoms with Crippen LogP contribution in [0, 0.1) is 13.8 Å². The lowest BCUT2D eigenvalue weighted by Crippen LogP contribution is -2.18. The van der Waals surface area contributed by atoms with Crippen LogP contribution in [0.4, 0.5) is 0 Å². The molecule has 1 heterocycles. The number of aromatic nitrogens is 1. The SMILES string of the molecule is Cc1nc(C)c(C(=O)NO)s1. The summed E-state index contributed by atoms with van der Waals surface area (Å²) < 4.78 is 0. The molecule has 11 heavy (non-hydrogen) atoms. The molecule has 2 N–H and O–H groups in total. The number of hydrogen-bond donors (Lipinski definition) is 2. The zero-order valence-electron chi connectivity index (χ0n) is 6.21. The highest BCUT2D eigenvalue weighted by atomic mass is 32.1. The van der Waals surface area contributed by atoms with Gasteiger partial charge in [0.25, 0.3) is 5.91 Å². The quantitative estimate of drug-likeness (QED) is 0.488. The minimum Gasteiger partial charge on any atom is -0.288 e. The van der Waals surface area contributed by atoms with E-state index in [1.165, 1.54) is 11.3 Å². The Labute approximate surface area is 67.8 Å². The van der Waals surface area contributed by atoms with Crippen LogP contribution >= 0.6 is 11.3 Å². The van der Waals surface area contributed by atoms with Gasteiger partial charge in [-0.25, -0.2) is 10.5 Å². The van der Waals surface area contributed by atoms with Gasteiger partial charge in [-0.1, -0.05) is 0 Å². The molecular formula is C6H8N2O2S. The number of aryl methyl sites for hydroxylation is 2. The van der Waals surface area contributed by atoms with Crippen LogP contribution in [0.5, 0.6) is 0 Å². The van der Waals surface area contributed by atoms with Gasteiger partial charge in [0.2, 0.25) is 0 Å². The Balaban J connectivity index is 3.03. The zero-order chi connectivity index (χ0) is 8.43. The summed E-state index contributed by atoms with van der Waals surface area (Å²) in [4.78, 5) is 15.3. The van der Waals surface area contributed by atoms with E-state index in [0.717, 1.165) is 5.01 Å². The highest BCUT2D eigenvalue weighted by Crippen LogP contribution is 2.16. The number of hydroxylamine groups is 1. The zero-order valence-corrected chi connectivity index (χ0v) is 7.03. The van der Waals surface area contributed by atoms with Crippen LogP contribution in [0.15, 0.2) is 0 Å². The molecule has 0 bridgehead atoms. The molecule has 0 saturated heterocycles. The number of nitrogens with one attached hydrogen (secondary N) is 1. The maximum Gasteiger partial charge on any atom is 0.286 e. The standard InChI is InChI=1S/C6H8N2O2S/c1-3-5(6(9)8-10)11-4(2)7-3/h10H,1-2H3,(H,8,9). The molecule has 1 amide bonds. The van der Waals surface area contributed by atoms with E-state index in [4.69, 9.17) is 5.21 Å². The largest absolute Gasteiger partial charge is 0.288 e. The molecule has 0 aliphatic carbocycles. The topological polar surface area (TPSA) is 62.2 Å². The van der Waals surface area contributed by atoms with Crippen LogP contribution in [-0.2, 0) is 0 Å². The third kappa shape index (κ3) is 1.55. The van der Waals surface area contributed by atoms with Crippen molar-refractivity contribution in [1.29, 1.82) is 0 Å². The van der Waals surface area contributed by atoms with Crippen LogP contribution in [0.2, 0.25) is 0 Å². The summed E-state index contributed by atoms with van der Waals surface area (Å²) in [5, 5.41) is 9.12. The molecule has 1 aromatic heterocycles. The molecule has 1 rings (SSSR count). The second-order valence-electron chi connectivity index (χ2n) is 2.09. The summed E-state index contributed by atoms with van der Waals surface area (Å²) >= 11 is 1.26. The predicted molar refractivity (Wildman–Crippen MR) is 40.8 cm³/mol. The van der Waals surface area contributed by atoms with Crippen molar-refractivity contribution in [1.82, 2.24) is 10.5 Å². The number of carbonyl (C=O) groups excluding carboxylic acids is 1. The van der Waals surface area contributed by atoms with Gasteiger partial charge in [-0.15, -0.1) is 11.3 Å². The van der Waals surface area contributed by atoms with Crippen molar-refractivity contribution in [3.8, 4) is 0 Å². The third-order valence-electron chi connectivity index (χ3n) is 1.21. The summed E-state index contributed by atoms with van der Waals surface area (Å²) in [6.07, 6.45) is 0.